The highest BCUT2D eigenvalue weighted by Crippen LogP contribution is 2.28. The van der Waals surface area contributed by atoms with Gasteiger partial charge in [-0.1, -0.05) is 0 Å². The topological polar surface area (TPSA) is 67.2 Å². The van der Waals surface area contributed by atoms with Gasteiger partial charge < -0.3 is 10.2 Å². The van der Waals surface area contributed by atoms with Crippen molar-refractivity contribution < 1.29 is 18.4 Å². The molecule has 3 rings (SSSR count). The average molecular weight is 348 g/mol. The molecule has 1 N–H and O–H groups in total. The van der Waals surface area contributed by atoms with Crippen LogP contribution in [0.4, 0.5) is 14.5 Å². The summed E-state index contributed by atoms with van der Waals surface area (Å²) in [6.07, 6.45) is 3.44. The number of hydrogen-bond acceptors (Lipinski definition) is 3. The molecule has 0 spiro atoms. The lowest BCUT2D eigenvalue weighted by atomic mass is 10.1. The first-order valence-electron chi connectivity index (χ1n) is 7.97. The second-order valence-electron chi connectivity index (χ2n) is 6.14. The van der Waals surface area contributed by atoms with Crippen LogP contribution in [0.1, 0.15) is 13.3 Å². The Bertz CT molecular complexity index is 779. The normalized spacial score (nSPS) is 18.4. The molecule has 132 valence electrons. The number of carbonyl (C=O) groups excluding carboxylic acids is 2. The predicted molar refractivity (Wildman–Crippen MR) is 86.6 cm³/mol. The molecule has 1 aromatic heterocycles. The van der Waals surface area contributed by atoms with E-state index in [0.717, 1.165) is 12.1 Å². The summed E-state index contributed by atoms with van der Waals surface area (Å²) in [5.41, 5.74) is -0.00807. The molecular weight excluding hydrogens is 330 g/mol. The van der Waals surface area contributed by atoms with Gasteiger partial charge in [-0.05, 0) is 25.1 Å². The number of anilines is 1. The fourth-order valence-corrected chi connectivity index (χ4v) is 2.91. The third-order valence-corrected chi connectivity index (χ3v) is 4.11. The highest BCUT2D eigenvalue weighted by molar-refractivity contribution is 6.00. The molecule has 1 aromatic carbocycles. The van der Waals surface area contributed by atoms with E-state index in [9.17, 15) is 18.4 Å². The molecule has 25 heavy (non-hydrogen) atoms. The van der Waals surface area contributed by atoms with Gasteiger partial charge in [-0.2, -0.15) is 5.10 Å². The van der Waals surface area contributed by atoms with E-state index >= 15 is 0 Å². The first-order chi connectivity index (χ1) is 11.9. The van der Waals surface area contributed by atoms with Gasteiger partial charge in [-0.25, -0.2) is 8.78 Å². The number of rotatable bonds is 5. The Hall–Kier alpha value is -2.77. The van der Waals surface area contributed by atoms with Gasteiger partial charge in [0.05, 0.1) is 18.2 Å². The minimum absolute atomic E-state index is 0.00284. The Balaban J connectivity index is 1.62. The van der Waals surface area contributed by atoms with E-state index < -0.39 is 17.6 Å². The Morgan fingerprint density at radius 2 is 2.24 bits per heavy atom. The molecule has 2 amide bonds. The van der Waals surface area contributed by atoms with Crippen molar-refractivity contribution in [2.75, 3.05) is 11.4 Å². The Morgan fingerprint density at radius 3 is 2.92 bits per heavy atom. The van der Waals surface area contributed by atoms with E-state index in [2.05, 4.69) is 10.4 Å². The lowest BCUT2D eigenvalue weighted by Gasteiger charge is -2.19. The first kappa shape index (κ1) is 17.1. The highest BCUT2D eigenvalue weighted by Gasteiger charge is 2.36. The fourth-order valence-electron chi connectivity index (χ4n) is 2.91. The molecule has 1 fully saturated rings. The van der Waals surface area contributed by atoms with Crippen LogP contribution in [0.25, 0.3) is 0 Å². The molecule has 2 atom stereocenters. The second kappa shape index (κ2) is 7.00. The maximum atomic E-state index is 13.9. The summed E-state index contributed by atoms with van der Waals surface area (Å²) < 4.78 is 28.6. The average Bonchev–Trinajstić information content (AvgIpc) is 3.17. The van der Waals surface area contributed by atoms with Crippen molar-refractivity contribution >= 4 is 17.5 Å². The zero-order valence-electron chi connectivity index (χ0n) is 13.7. The van der Waals surface area contributed by atoms with Crippen molar-refractivity contribution in [3.8, 4) is 0 Å². The van der Waals surface area contributed by atoms with Crippen LogP contribution < -0.4 is 10.2 Å². The van der Waals surface area contributed by atoms with Crippen LogP contribution in [0.15, 0.2) is 36.7 Å². The first-order valence-corrected chi connectivity index (χ1v) is 7.97. The Labute approximate surface area is 143 Å². The predicted octanol–water partition coefficient (Wildman–Crippen LogP) is 1.72. The van der Waals surface area contributed by atoms with Crippen LogP contribution in [0.3, 0.4) is 0 Å². The van der Waals surface area contributed by atoms with Gasteiger partial charge in [0, 0.05) is 37.5 Å². The summed E-state index contributed by atoms with van der Waals surface area (Å²) in [7, 11) is 0. The van der Waals surface area contributed by atoms with Crippen molar-refractivity contribution in [1.82, 2.24) is 15.1 Å². The second-order valence-corrected chi connectivity index (χ2v) is 6.14. The van der Waals surface area contributed by atoms with Crippen LogP contribution in [0, 0.1) is 17.6 Å². The summed E-state index contributed by atoms with van der Waals surface area (Å²) in [5.74, 6) is -2.73. The summed E-state index contributed by atoms with van der Waals surface area (Å²) in [6, 6.07) is 4.65. The number of carbonyl (C=O) groups is 2. The molecule has 1 aliphatic heterocycles. The smallest absolute Gasteiger partial charge is 0.227 e. The van der Waals surface area contributed by atoms with E-state index in [4.69, 9.17) is 0 Å². The third kappa shape index (κ3) is 3.84. The largest absolute Gasteiger partial charge is 0.351 e. The number of hydrogen-bond donors (Lipinski definition) is 1. The molecule has 8 heteroatoms. The zero-order chi connectivity index (χ0) is 18.0. The number of nitrogens with zero attached hydrogens (tertiary/aromatic N) is 3. The molecule has 0 unspecified atom stereocenters. The van der Waals surface area contributed by atoms with Crippen molar-refractivity contribution in [2.45, 2.75) is 25.9 Å². The van der Waals surface area contributed by atoms with Crippen molar-refractivity contribution in [1.29, 1.82) is 0 Å². The molecule has 6 nitrogen and oxygen atoms in total. The van der Waals surface area contributed by atoms with Crippen LogP contribution in [-0.2, 0) is 16.1 Å². The monoisotopic (exact) mass is 348 g/mol. The molecule has 1 aliphatic rings. The Kier molecular flexibility index (Phi) is 4.78. The van der Waals surface area contributed by atoms with E-state index in [1.807, 2.05) is 6.92 Å². The van der Waals surface area contributed by atoms with Gasteiger partial charge in [-0.3, -0.25) is 14.3 Å². The summed E-state index contributed by atoms with van der Waals surface area (Å²) in [6.45, 7) is 2.42. The van der Waals surface area contributed by atoms with E-state index in [-0.39, 0.29) is 36.5 Å². The van der Waals surface area contributed by atoms with Crippen molar-refractivity contribution in [3.05, 3.63) is 48.3 Å². The molecule has 0 aliphatic carbocycles. The third-order valence-electron chi connectivity index (χ3n) is 4.11. The van der Waals surface area contributed by atoms with Gasteiger partial charge in [0.25, 0.3) is 0 Å². The maximum Gasteiger partial charge on any atom is 0.227 e. The Morgan fingerprint density at radius 1 is 1.44 bits per heavy atom. The van der Waals surface area contributed by atoms with Crippen LogP contribution >= 0.6 is 0 Å². The maximum absolute atomic E-state index is 13.9. The van der Waals surface area contributed by atoms with E-state index in [1.165, 1.54) is 11.0 Å². The van der Waals surface area contributed by atoms with Crippen LogP contribution in [0.2, 0.25) is 0 Å². The quantitative estimate of drug-likeness (QED) is 0.895. The van der Waals surface area contributed by atoms with Gasteiger partial charge in [0.1, 0.15) is 11.6 Å². The molecule has 2 heterocycles. The summed E-state index contributed by atoms with van der Waals surface area (Å²) in [5, 5.41) is 6.92. The molecule has 2 aromatic rings. The summed E-state index contributed by atoms with van der Waals surface area (Å²) in [4.78, 5) is 25.7. The molecule has 0 bridgehead atoms. The molecular formula is C17H18F2N4O2. The number of nitrogens with one attached hydrogen (secondary N) is 1. The van der Waals surface area contributed by atoms with Crippen LogP contribution in [0.5, 0.6) is 0 Å². The van der Waals surface area contributed by atoms with E-state index in [1.54, 1.807) is 23.1 Å². The van der Waals surface area contributed by atoms with Crippen molar-refractivity contribution in [2.24, 2.45) is 5.92 Å². The number of benzene rings is 1. The number of amides is 2. The zero-order valence-corrected chi connectivity index (χ0v) is 13.7. The minimum Gasteiger partial charge on any atom is -0.351 e. The fraction of sp³-hybridized carbons (Fsp3) is 0.353. The van der Waals surface area contributed by atoms with Gasteiger partial charge in [-0.15, -0.1) is 0 Å². The summed E-state index contributed by atoms with van der Waals surface area (Å²) >= 11 is 0. The van der Waals surface area contributed by atoms with Crippen molar-refractivity contribution in [3.63, 3.8) is 0 Å². The van der Waals surface area contributed by atoms with Gasteiger partial charge in [0.2, 0.25) is 11.8 Å². The van der Waals surface area contributed by atoms with E-state index in [0.29, 0.717) is 6.54 Å². The van der Waals surface area contributed by atoms with Gasteiger partial charge >= 0.3 is 0 Å². The lowest BCUT2D eigenvalue weighted by molar-refractivity contribution is -0.126. The minimum atomic E-state index is -0.818. The lowest BCUT2D eigenvalue weighted by Crippen LogP contribution is -2.40. The molecule has 1 saturated heterocycles. The number of halogens is 2. The number of aromatic nitrogens is 2. The SMILES string of the molecule is C[C@H](Cn1cccn1)NC(=O)[C@H]1CC(=O)N(c2ccc(F)cc2F)C1. The molecule has 0 saturated carbocycles. The van der Waals surface area contributed by atoms with Gasteiger partial charge in [0.15, 0.2) is 0 Å². The highest BCUT2D eigenvalue weighted by atomic mass is 19.1. The standard InChI is InChI=1S/C17H18F2N4O2/c1-11(9-22-6-2-5-20-22)21-17(25)12-7-16(24)23(10-12)15-4-3-13(18)8-14(15)19/h2-6,8,11-12H,7,9-10H2,1H3,(H,21,25)/t11-,12+/m1/s1. The molecule has 0 radical (unpaired) electrons. The van der Waals surface area contributed by atoms with Crippen LogP contribution in [-0.4, -0.2) is 34.2 Å².